The molecular formula is C14H19N3. The summed E-state index contributed by atoms with van der Waals surface area (Å²) in [6.45, 7) is 6.75. The molecule has 0 aliphatic rings. The zero-order valence-corrected chi connectivity index (χ0v) is 10.3. The van der Waals surface area contributed by atoms with Gasteiger partial charge in [-0.05, 0) is 31.9 Å². The van der Waals surface area contributed by atoms with Crippen LogP contribution in [0.5, 0.6) is 0 Å². The van der Waals surface area contributed by atoms with Crippen molar-refractivity contribution in [3.05, 3.63) is 48.9 Å². The van der Waals surface area contributed by atoms with E-state index < -0.39 is 0 Å². The summed E-state index contributed by atoms with van der Waals surface area (Å²) in [5.74, 6) is 0. The van der Waals surface area contributed by atoms with Gasteiger partial charge in [0.1, 0.15) is 5.65 Å². The van der Waals surface area contributed by atoms with Crippen molar-refractivity contribution in [3.63, 3.8) is 0 Å². The Morgan fingerprint density at radius 1 is 1.53 bits per heavy atom. The average Bonchev–Trinajstić information content (AvgIpc) is 2.76. The lowest BCUT2D eigenvalue weighted by atomic mass is 10.2. The first-order chi connectivity index (χ1) is 8.29. The first kappa shape index (κ1) is 11.9. The van der Waals surface area contributed by atoms with Crippen molar-refractivity contribution in [2.45, 2.75) is 32.4 Å². The third-order valence-corrected chi connectivity index (χ3v) is 2.85. The zero-order valence-electron chi connectivity index (χ0n) is 10.3. The number of nitrogens with zero attached hydrogens (tertiary/aromatic N) is 2. The first-order valence-corrected chi connectivity index (χ1v) is 6.06. The molecule has 3 heteroatoms. The Morgan fingerprint density at radius 3 is 3.18 bits per heavy atom. The molecule has 0 radical (unpaired) electrons. The number of nitrogens with one attached hydrogen (secondary N) is 1. The Morgan fingerprint density at radius 2 is 2.41 bits per heavy atom. The second-order valence-corrected chi connectivity index (χ2v) is 4.35. The van der Waals surface area contributed by atoms with E-state index in [0.717, 1.165) is 30.7 Å². The molecular weight excluding hydrogens is 210 g/mol. The first-order valence-electron chi connectivity index (χ1n) is 6.06. The third kappa shape index (κ3) is 3.17. The molecule has 3 nitrogen and oxygen atoms in total. The highest BCUT2D eigenvalue weighted by molar-refractivity contribution is 5.39. The molecule has 90 valence electrons. The molecule has 0 saturated carbocycles. The van der Waals surface area contributed by atoms with Gasteiger partial charge in [0, 0.05) is 25.0 Å². The van der Waals surface area contributed by atoms with E-state index in [1.54, 1.807) is 0 Å². The van der Waals surface area contributed by atoms with Crippen LogP contribution in [-0.4, -0.2) is 15.4 Å². The predicted molar refractivity (Wildman–Crippen MR) is 70.9 cm³/mol. The van der Waals surface area contributed by atoms with E-state index in [0.29, 0.717) is 6.04 Å². The summed E-state index contributed by atoms with van der Waals surface area (Å²) in [5, 5.41) is 3.47. The maximum Gasteiger partial charge on any atom is 0.137 e. The number of fused-ring (bicyclic) bond motifs is 1. The Hall–Kier alpha value is -1.61. The normalized spacial score (nSPS) is 12.8. The highest BCUT2D eigenvalue weighted by Gasteiger charge is 2.03. The van der Waals surface area contributed by atoms with Crippen LogP contribution in [0, 0.1) is 0 Å². The van der Waals surface area contributed by atoms with Gasteiger partial charge in [0.15, 0.2) is 0 Å². The van der Waals surface area contributed by atoms with Gasteiger partial charge in [-0.3, -0.25) is 0 Å². The topological polar surface area (TPSA) is 29.3 Å². The molecule has 17 heavy (non-hydrogen) atoms. The predicted octanol–water partition coefficient (Wildman–Crippen LogP) is 2.78. The molecule has 0 saturated heterocycles. The van der Waals surface area contributed by atoms with Crippen LogP contribution in [0.25, 0.3) is 5.65 Å². The molecule has 2 heterocycles. The molecule has 0 aliphatic carbocycles. The molecule has 0 unspecified atom stereocenters. The van der Waals surface area contributed by atoms with Crippen molar-refractivity contribution in [1.82, 2.24) is 14.7 Å². The number of pyridine rings is 1. The third-order valence-electron chi connectivity index (χ3n) is 2.85. The highest BCUT2D eigenvalue weighted by atomic mass is 15.0. The molecule has 0 aromatic carbocycles. The van der Waals surface area contributed by atoms with Gasteiger partial charge in [0.05, 0.1) is 5.69 Å². The number of aromatic nitrogens is 2. The molecule has 0 amide bonds. The number of hydrogen-bond donors (Lipinski definition) is 1. The Balaban J connectivity index is 1.92. The minimum Gasteiger partial charge on any atom is -0.309 e. The molecule has 1 N–H and O–H groups in total. The van der Waals surface area contributed by atoms with Crippen LogP contribution in [0.4, 0.5) is 0 Å². The molecule has 2 aromatic rings. The summed E-state index contributed by atoms with van der Waals surface area (Å²) in [5.41, 5.74) is 2.09. The van der Waals surface area contributed by atoms with E-state index in [1.807, 2.05) is 34.9 Å². The van der Waals surface area contributed by atoms with E-state index in [9.17, 15) is 0 Å². The highest BCUT2D eigenvalue weighted by Crippen LogP contribution is 2.05. The van der Waals surface area contributed by atoms with Crippen molar-refractivity contribution in [2.75, 3.05) is 0 Å². The molecule has 2 aromatic heterocycles. The molecule has 1 atom stereocenters. The number of allylic oxidation sites excluding steroid dienone is 1. The van der Waals surface area contributed by atoms with Gasteiger partial charge < -0.3 is 9.72 Å². The van der Waals surface area contributed by atoms with Crippen molar-refractivity contribution in [1.29, 1.82) is 0 Å². The van der Waals surface area contributed by atoms with Crippen molar-refractivity contribution >= 4 is 5.65 Å². The van der Waals surface area contributed by atoms with E-state index in [2.05, 4.69) is 30.0 Å². The summed E-state index contributed by atoms with van der Waals surface area (Å²) in [4.78, 5) is 4.55. The Bertz CT molecular complexity index is 454. The maximum atomic E-state index is 4.55. The summed E-state index contributed by atoms with van der Waals surface area (Å²) < 4.78 is 2.05. The van der Waals surface area contributed by atoms with Crippen molar-refractivity contribution in [2.24, 2.45) is 0 Å². The standard InChI is InChI=1S/C14H19N3/c1-3-4-7-12(2)15-10-13-11-17-9-6-5-8-14(17)16-13/h3,5-6,8-9,11-12,15H,1,4,7,10H2,2H3/t12-/m0/s1. The van der Waals surface area contributed by atoms with Crippen LogP contribution in [-0.2, 0) is 6.54 Å². The van der Waals surface area contributed by atoms with Crippen LogP contribution >= 0.6 is 0 Å². The molecule has 2 rings (SSSR count). The van der Waals surface area contributed by atoms with Gasteiger partial charge >= 0.3 is 0 Å². The van der Waals surface area contributed by atoms with Gasteiger partial charge in [0.25, 0.3) is 0 Å². The molecule has 0 bridgehead atoms. The van der Waals surface area contributed by atoms with E-state index in [1.165, 1.54) is 0 Å². The smallest absolute Gasteiger partial charge is 0.137 e. The number of imidazole rings is 1. The van der Waals surface area contributed by atoms with Gasteiger partial charge in [-0.2, -0.15) is 0 Å². The van der Waals surface area contributed by atoms with Crippen LogP contribution in [0.15, 0.2) is 43.2 Å². The van der Waals surface area contributed by atoms with Crippen LogP contribution in [0.1, 0.15) is 25.5 Å². The van der Waals surface area contributed by atoms with Crippen molar-refractivity contribution in [3.8, 4) is 0 Å². The average molecular weight is 229 g/mol. The second kappa shape index (κ2) is 5.64. The van der Waals surface area contributed by atoms with Crippen LogP contribution in [0.3, 0.4) is 0 Å². The zero-order chi connectivity index (χ0) is 12.1. The fourth-order valence-corrected chi connectivity index (χ4v) is 1.82. The minimum atomic E-state index is 0.498. The molecule has 0 spiro atoms. The lowest BCUT2D eigenvalue weighted by Crippen LogP contribution is -2.25. The SMILES string of the molecule is C=CCC[C@H](C)NCc1cn2ccccc2n1. The molecule has 0 fully saturated rings. The van der Waals surface area contributed by atoms with Gasteiger partial charge in [-0.25, -0.2) is 4.98 Å². The second-order valence-electron chi connectivity index (χ2n) is 4.35. The van der Waals surface area contributed by atoms with Crippen LogP contribution in [0.2, 0.25) is 0 Å². The summed E-state index contributed by atoms with van der Waals surface area (Å²) >= 11 is 0. The fraction of sp³-hybridized carbons (Fsp3) is 0.357. The van der Waals surface area contributed by atoms with Gasteiger partial charge in [0.2, 0.25) is 0 Å². The maximum absolute atomic E-state index is 4.55. The largest absolute Gasteiger partial charge is 0.309 e. The summed E-state index contributed by atoms with van der Waals surface area (Å²) in [6, 6.07) is 6.54. The fourth-order valence-electron chi connectivity index (χ4n) is 1.82. The molecule has 0 aliphatic heterocycles. The quantitative estimate of drug-likeness (QED) is 0.772. The monoisotopic (exact) mass is 229 g/mol. The summed E-state index contributed by atoms with van der Waals surface area (Å²) in [7, 11) is 0. The summed E-state index contributed by atoms with van der Waals surface area (Å²) in [6.07, 6.45) is 8.23. The van der Waals surface area contributed by atoms with E-state index >= 15 is 0 Å². The Labute approximate surface area is 102 Å². The lowest BCUT2D eigenvalue weighted by Gasteiger charge is -2.10. The minimum absolute atomic E-state index is 0.498. The van der Waals surface area contributed by atoms with E-state index in [4.69, 9.17) is 0 Å². The van der Waals surface area contributed by atoms with Gasteiger partial charge in [-0.1, -0.05) is 12.1 Å². The van der Waals surface area contributed by atoms with Crippen LogP contribution < -0.4 is 5.32 Å². The van der Waals surface area contributed by atoms with Gasteiger partial charge in [-0.15, -0.1) is 6.58 Å². The number of hydrogen-bond acceptors (Lipinski definition) is 2. The van der Waals surface area contributed by atoms with Crippen molar-refractivity contribution < 1.29 is 0 Å². The lowest BCUT2D eigenvalue weighted by molar-refractivity contribution is 0.514. The number of rotatable bonds is 6. The Kier molecular flexibility index (Phi) is 3.94. The van der Waals surface area contributed by atoms with E-state index in [-0.39, 0.29) is 0 Å².